The summed E-state index contributed by atoms with van der Waals surface area (Å²) in [6, 6.07) is 4.92. The van der Waals surface area contributed by atoms with Gasteiger partial charge in [0.2, 0.25) is 5.39 Å². The summed E-state index contributed by atoms with van der Waals surface area (Å²) in [4.78, 5) is 14.1. The van der Waals surface area contributed by atoms with Crippen LogP contribution in [0.3, 0.4) is 0 Å². The molecule has 0 saturated heterocycles. The third kappa shape index (κ3) is 1.82. The highest BCUT2D eigenvalue weighted by Crippen LogP contribution is 2.20. The van der Waals surface area contributed by atoms with Gasteiger partial charge in [-0.2, -0.15) is 0 Å². The molecule has 0 amide bonds. The van der Waals surface area contributed by atoms with E-state index in [-0.39, 0.29) is 11.3 Å². The van der Waals surface area contributed by atoms with Crippen LogP contribution in [0.15, 0.2) is 18.2 Å². The summed E-state index contributed by atoms with van der Waals surface area (Å²) in [5, 5.41) is 8.57. The molecule has 0 bridgehead atoms. The highest BCUT2D eigenvalue weighted by Gasteiger charge is 2.20. The zero-order valence-electron chi connectivity index (χ0n) is 7.44. The van der Waals surface area contributed by atoms with E-state index in [9.17, 15) is 4.79 Å². The number of ether oxygens (including phenoxy) is 1. The molecule has 0 aliphatic carbocycles. The molecule has 0 heterocycles. The van der Waals surface area contributed by atoms with Crippen molar-refractivity contribution in [1.29, 1.82) is 5.39 Å². The number of carbonyl (C=O) groups is 1. The van der Waals surface area contributed by atoms with Crippen molar-refractivity contribution in [3.05, 3.63) is 34.3 Å². The Morgan fingerprint density at radius 1 is 1.54 bits per heavy atom. The summed E-state index contributed by atoms with van der Waals surface area (Å²) >= 11 is 0. The van der Waals surface area contributed by atoms with Crippen LogP contribution in [0.5, 0.6) is 0 Å². The Kier molecular flexibility index (Phi) is 2.60. The van der Waals surface area contributed by atoms with Crippen molar-refractivity contribution in [1.82, 2.24) is 0 Å². The number of carbonyl (C=O) groups excluding carboxylic acids is 1. The molecule has 0 atom stereocenters. The van der Waals surface area contributed by atoms with Crippen LogP contribution >= 0.6 is 0 Å². The van der Waals surface area contributed by atoms with Crippen LogP contribution in [0, 0.1) is 12.3 Å². The second-order valence-corrected chi connectivity index (χ2v) is 2.61. The molecule has 4 nitrogen and oxygen atoms in total. The molecule has 0 aliphatic heterocycles. The first-order valence-corrected chi connectivity index (χ1v) is 3.73. The number of diazo groups is 1. The Morgan fingerprint density at radius 2 is 2.23 bits per heavy atom. The van der Waals surface area contributed by atoms with E-state index in [1.54, 1.807) is 18.2 Å². The van der Waals surface area contributed by atoms with Gasteiger partial charge in [-0.15, -0.1) is 0 Å². The Labute approximate surface area is 75.8 Å². The van der Waals surface area contributed by atoms with E-state index in [1.807, 2.05) is 6.92 Å². The average molecular weight is 177 g/mol. The number of rotatable bonds is 1. The minimum atomic E-state index is -0.503. The summed E-state index contributed by atoms with van der Waals surface area (Å²) in [6.07, 6.45) is 0. The standard InChI is InChI=1S/C9H9N2O2/c1-6-3-4-8(11-10)7(5-6)9(12)13-2/h3-5H,1-2H3/q+1. The first-order valence-electron chi connectivity index (χ1n) is 3.73. The summed E-state index contributed by atoms with van der Waals surface area (Å²) in [5.74, 6) is -0.503. The molecular formula is C9H9N2O2+. The Hall–Kier alpha value is -1.89. The van der Waals surface area contributed by atoms with E-state index in [2.05, 4.69) is 9.71 Å². The first-order chi connectivity index (χ1) is 6.19. The van der Waals surface area contributed by atoms with Crippen LogP contribution < -0.4 is 0 Å². The maximum Gasteiger partial charge on any atom is 0.399 e. The Bertz CT molecular complexity index is 380. The number of hydrogen-bond donors (Lipinski definition) is 0. The van der Waals surface area contributed by atoms with Gasteiger partial charge in [0.05, 0.1) is 7.11 Å². The fraction of sp³-hybridized carbons (Fsp3) is 0.222. The molecule has 0 radical (unpaired) electrons. The number of hydrogen-bond acceptors (Lipinski definition) is 3. The van der Waals surface area contributed by atoms with Crippen molar-refractivity contribution < 1.29 is 9.53 Å². The predicted octanol–water partition coefficient (Wildman–Crippen LogP) is 2.27. The maximum absolute atomic E-state index is 11.2. The summed E-state index contributed by atoms with van der Waals surface area (Å²) in [5.41, 5.74) is 1.40. The van der Waals surface area contributed by atoms with E-state index in [0.29, 0.717) is 0 Å². The van der Waals surface area contributed by atoms with Gasteiger partial charge >= 0.3 is 11.7 Å². The molecule has 4 heteroatoms. The van der Waals surface area contributed by atoms with Gasteiger partial charge in [-0.05, 0) is 18.6 Å². The first kappa shape index (κ1) is 9.20. The predicted molar refractivity (Wildman–Crippen MR) is 47.3 cm³/mol. The van der Waals surface area contributed by atoms with E-state index in [0.717, 1.165) is 5.56 Å². The van der Waals surface area contributed by atoms with Crippen LogP contribution in [0.1, 0.15) is 15.9 Å². The second kappa shape index (κ2) is 3.68. The lowest BCUT2D eigenvalue weighted by Crippen LogP contribution is -2.01. The molecule has 0 saturated carbocycles. The van der Waals surface area contributed by atoms with Gasteiger partial charge in [0.25, 0.3) is 0 Å². The third-order valence-corrected chi connectivity index (χ3v) is 1.67. The van der Waals surface area contributed by atoms with Crippen LogP contribution in [0.2, 0.25) is 0 Å². The molecule has 1 aromatic carbocycles. The summed E-state index contributed by atoms with van der Waals surface area (Å²) in [6.45, 7) is 1.84. The molecule has 66 valence electrons. The summed E-state index contributed by atoms with van der Waals surface area (Å²) in [7, 11) is 1.28. The van der Waals surface area contributed by atoms with Gasteiger partial charge in [-0.25, -0.2) is 4.79 Å². The number of esters is 1. The number of methoxy groups -OCH3 is 1. The van der Waals surface area contributed by atoms with Crippen molar-refractivity contribution >= 4 is 11.7 Å². The van der Waals surface area contributed by atoms with Gasteiger partial charge in [0, 0.05) is 6.07 Å². The molecule has 0 spiro atoms. The Balaban J connectivity index is 3.25. The lowest BCUT2D eigenvalue weighted by Gasteiger charge is -1.96. The van der Waals surface area contributed by atoms with Crippen LogP contribution in [0.4, 0.5) is 5.69 Å². The molecule has 0 N–H and O–H groups in total. The highest BCUT2D eigenvalue weighted by atomic mass is 16.5. The smallest absolute Gasteiger partial charge is 0.399 e. The minimum absolute atomic E-state index is 0.220. The largest absolute Gasteiger partial charge is 0.465 e. The topological polar surface area (TPSA) is 54.5 Å². The van der Waals surface area contributed by atoms with Gasteiger partial charge in [0.1, 0.15) is 0 Å². The maximum atomic E-state index is 11.2. The molecule has 0 fully saturated rings. The van der Waals surface area contributed by atoms with Crippen LogP contribution in [0.25, 0.3) is 4.98 Å². The lowest BCUT2D eigenvalue weighted by molar-refractivity contribution is 0.0602. The zero-order valence-corrected chi connectivity index (χ0v) is 7.44. The molecule has 1 aromatic rings. The average Bonchev–Trinajstić information content (AvgIpc) is 2.16. The molecule has 13 heavy (non-hydrogen) atoms. The van der Waals surface area contributed by atoms with Crippen LogP contribution in [-0.2, 0) is 4.74 Å². The zero-order chi connectivity index (χ0) is 9.84. The van der Waals surface area contributed by atoms with Gasteiger partial charge in [-0.1, -0.05) is 6.07 Å². The fourth-order valence-electron chi connectivity index (χ4n) is 1.01. The van der Waals surface area contributed by atoms with Crippen molar-refractivity contribution in [3.8, 4) is 0 Å². The SMILES string of the molecule is COC(=O)c1cc(C)ccc1[N+]#N. The van der Waals surface area contributed by atoms with Crippen molar-refractivity contribution in [2.24, 2.45) is 0 Å². The molecular weight excluding hydrogens is 168 g/mol. The van der Waals surface area contributed by atoms with Gasteiger partial charge in [0.15, 0.2) is 10.5 Å². The second-order valence-electron chi connectivity index (χ2n) is 2.61. The number of aryl methyl sites for hydroxylation is 1. The van der Waals surface area contributed by atoms with Crippen molar-refractivity contribution in [2.45, 2.75) is 6.92 Å². The van der Waals surface area contributed by atoms with Crippen molar-refractivity contribution in [2.75, 3.05) is 7.11 Å². The number of benzene rings is 1. The molecule has 0 aromatic heterocycles. The van der Waals surface area contributed by atoms with Gasteiger partial charge in [-0.3, -0.25) is 0 Å². The van der Waals surface area contributed by atoms with Crippen LogP contribution in [-0.4, -0.2) is 13.1 Å². The molecule has 1 rings (SSSR count). The minimum Gasteiger partial charge on any atom is -0.465 e. The van der Waals surface area contributed by atoms with E-state index >= 15 is 0 Å². The molecule has 0 unspecified atom stereocenters. The fourth-order valence-corrected chi connectivity index (χ4v) is 1.01. The van der Waals surface area contributed by atoms with E-state index in [4.69, 9.17) is 5.39 Å². The summed E-state index contributed by atoms with van der Waals surface area (Å²) < 4.78 is 4.52. The van der Waals surface area contributed by atoms with Crippen molar-refractivity contribution in [3.63, 3.8) is 0 Å². The van der Waals surface area contributed by atoms with E-state index < -0.39 is 5.97 Å². The molecule has 0 aliphatic rings. The Morgan fingerprint density at radius 3 is 2.77 bits per heavy atom. The third-order valence-electron chi connectivity index (χ3n) is 1.67. The number of nitrogens with zero attached hydrogens (tertiary/aromatic N) is 2. The van der Waals surface area contributed by atoms with Gasteiger partial charge < -0.3 is 4.74 Å². The lowest BCUT2D eigenvalue weighted by atomic mass is 10.1. The normalized spacial score (nSPS) is 9.00. The monoisotopic (exact) mass is 177 g/mol. The van der Waals surface area contributed by atoms with E-state index in [1.165, 1.54) is 7.11 Å². The highest BCUT2D eigenvalue weighted by molar-refractivity contribution is 5.95. The quantitative estimate of drug-likeness (QED) is 0.488.